The summed E-state index contributed by atoms with van der Waals surface area (Å²) in [6.45, 7) is 14.0. The van der Waals surface area contributed by atoms with Crippen molar-refractivity contribution in [2.75, 3.05) is 45.9 Å². The highest BCUT2D eigenvalue weighted by atomic mass is 16.5. The average molecular weight is 307 g/mol. The molecule has 0 spiro atoms. The molecule has 1 atom stereocenters. The molecule has 0 radical (unpaired) electrons. The zero-order valence-corrected chi connectivity index (χ0v) is 14.2. The molecule has 5 nitrogen and oxygen atoms in total. The van der Waals surface area contributed by atoms with Crippen molar-refractivity contribution in [1.29, 1.82) is 0 Å². The largest absolute Gasteiger partial charge is 0.379 e. The van der Waals surface area contributed by atoms with Crippen LogP contribution in [-0.4, -0.2) is 60.9 Å². The van der Waals surface area contributed by atoms with Gasteiger partial charge in [0.05, 0.1) is 24.9 Å². The van der Waals surface area contributed by atoms with E-state index in [2.05, 4.69) is 34.9 Å². The molecule has 2 aliphatic heterocycles. The van der Waals surface area contributed by atoms with E-state index in [1.807, 2.05) is 6.92 Å². The van der Waals surface area contributed by atoms with E-state index in [4.69, 9.17) is 9.26 Å². The monoisotopic (exact) mass is 307 g/mol. The van der Waals surface area contributed by atoms with Gasteiger partial charge in [-0.15, -0.1) is 0 Å². The smallest absolute Gasteiger partial charge is 0.154 e. The third-order valence-corrected chi connectivity index (χ3v) is 4.72. The molecule has 0 aromatic carbocycles. The SMILES string of the molecule is Cc1cc([C@H]2CCCN2CC(C)(C)CN2CCOCC2)on1. The summed E-state index contributed by atoms with van der Waals surface area (Å²) in [4.78, 5) is 5.12. The minimum atomic E-state index is 0.273. The van der Waals surface area contributed by atoms with E-state index in [9.17, 15) is 0 Å². The fourth-order valence-electron chi connectivity index (χ4n) is 3.84. The summed E-state index contributed by atoms with van der Waals surface area (Å²) in [5, 5.41) is 4.06. The fraction of sp³-hybridized carbons (Fsp3) is 0.824. The summed E-state index contributed by atoms with van der Waals surface area (Å²) in [5.74, 6) is 1.04. The first-order chi connectivity index (χ1) is 10.5. The third kappa shape index (κ3) is 3.89. The Morgan fingerprint density at radius 1 is 1.23 bits per heavy atom. The number of rotatable bonds is 5. The van der Waals surface area contributed by atoms with Crippen LogP contribution >= 0.6 is 0 Å². The van der Waals surface area contributed by atoms with Gasteiger partial charge >= 0.3 is 0 Å². The molecule has 22 heavy (non-hydrogen) atoms. The maximum absolute atomic E-state index is 5.52. The normalized spacial score (nSPS) is 25.0. The summed E-state index contributed by atoms with van der Waals surface area (Å²) >= 11 is 0. The number of ether oxygens (including phenoxy) is 1. The van der Waals surface area contributed by atoms with Crippen LogP contribution in [0, 0.1) is 12.3 Å². The number of aromatic nitrogens is 1. The number of morpholine rings is 1. The van der Waals surface area contributed by atoms with Gasteiger partial charge in [0.15, 0.2) is 5.76 Å². The fourth-order valence-corrected chi connectivity index (χ4v) is 3.84. The number of hydrogen-bond acceptors (Lipinski definition) is 5. The molecule has 3 heterocycles. The average Bonchev–Trinajstić information content (AvgIpc) is 3.07. The molecule has 0 bridgehead atoms. The maximum atomic E-state index is 5.52. The highest BCUT2D eigenvalue weighted by Gasteiger charge is 2.34. The van der Waals surface area contributed by atoms with Crippen molar-refractivity contribution >= 4 is 0 Å². The number of aryl methyl sites for hydroxylation is 1. The molecule has 124 valence electrons. The predicted octanol–water partition coefficient (Wildman–Crippen LogP) is 2.48. The summed E-state index contributed by atoms with van der Waals surface area (Å²) < 4.78 is 11.0. The molecule has 2 aliphatic rings. The Kier molecular flexibility index (Phi) is 4.85. The Bertz CT molecular complexity index is 480. The summed E-state index contributed by atoms with van der Waals surface area (Å²) in [7, 11) is 0. The Morgan fingerprint density at radius 2 is 2.00 bits per heavy atom. The Balaban J connectivity index is 1.60. The van der Waals surface area contributed by atoms with Crippen LogP contribution in [0.25, 0.3) is 0 Å². The summed E-state index contributed by atoms with van der Waals surface area (Å²) in [6, 6.07) is 2.50. The van der Waals surface area contributed by atoms with Gasteiger partial charge in [0, 0.05) is 32.2 Å². The van der Waals surface area contributed by atoms with Crippen LogP contribution in [0.15, 0.2) is 10.6 Å². The first-order valence-electron chi connectivity index (χ1n) is 8.51. The minimum Gasteiger partial charge on any atom is -0.379 e. The van der Waals surface area contributed by atoms with E-state index in [-0.39, 0.29) is 5.41 Å². The molecule has 0 saturated carbocycles. The van der Waals surface area contributed by atoms with Crippen molar-refractivity contribution in [1.82, 2.24) is 15.0 Å². The van der Waals surface area contributed by atoms with E-state index >= 15 is 0 Å². The van der Waals surface area contributed by atoms with Gasteiger partial charge in [-0.2, -0.15) is 0 Å². The second-order valence-electron chi connectivity index (χ2n) is 7.55. The van der Waals surface area contributed by atoms with Gasteiger partial charge in [-0.25, -0.2) is 0 Å². The zero-order chi connectivity index (χ0) is 15.6. The van der Waals surface area contributed by atoms with Gasteiger partial charge < -0.3 is 9.26 Å². The van der Waals surface area contributed by atoms with Crippen molar-refractivity contribution in [3.63, 3.8) is 0 Å². The standard InChI is InChI=1S/C17H29N3O2/c1-14-11-16(22-18-14)15-5-4-6-20(15)13-17(2,3)12-19-7-9-21-10-8-19/h11,15H,4-10,12-13H2,1-3H3/t15-/m1/s1. The molecular weight excluding hydrogens is 278 g/mol. The Morgan fingerprint density at radius 3 is 2.68 bits per heavy atom. The lowest BCUT2D eigenvalue weighted by molar-refractivity contribution is 0.0134. The highest BCUT2D eigenvalue weighted by Crippen LogP contribution is 2.35. The zero-order valence-electron chi connectivity index (χ0n) is 14.2. The summed E-state index contributed by atoms with van der Waals surface area (Å²) in [5.41, 5.74) is 1.25. The van der Waals surface area contributed by atoms with Crippen molar-refractivity contribution in [3.05, 3.63) is 17.5 Å². The van der Waals surface area contributed by atoms with E-state index in [1.165, 1.54) is 12.8 Å². The molecule has 3 rings (SSSR count). The number of likely N-dealkylation sites (tertiary alicyclic amines) is 1. The van der Waals surface area contributed by atoms with E-state index in [0.717, 1.165) is 57.4 Å². The van der Waals surface area contributed by atoms with Crippen LogP contribution < -0.4 is 0 Å². The topological polar surface area (TPSA) is 41.7 Å². The predicted molar refractivity (Wildman–Crippen MR) is 85.8 cm³/mol. The Hall–Kier alpha value is -0.910. The molecule has 0 N–H and O–H groups in total. The van der Waals surface area contributed by atoms with E-state index in [0.29, 0.717) is 6.04 Å². The lowest BCUT2D eigenvalue weighted by Gasteiger charge is -2.38. The van der Waals surface area contributed by atoms with Crippen LogP contribution in [0.5, 0.6) is 0 Å². The lowest BCUT2D eigenvalue weighted by atomic mass is 9.91. The molecule has 0 amide bonds. The molecular formula is C17H29N3O2. The van der Waals surface area contributed by atoms with Crippen molar-refractivity contribution in [2.24, 2.45) is 5.41 Å². The van der Waals surface area contributed by atoms with Gasteiger partial charge in [0.25, 0.3) is 0 Å². The number of hydrogen-bond donors (Lipinski definition) is 0. The summed E-state index contributed by atoms with van der Waals surface area (Å²) in [6.07, 6.45) is 2.43. The van der Waals surface area contributed by atoms with Crippen LogP contribution in [0.1, 0.15) is 44.2 Å². The van der Waals surface area contributed by atoms with Crippen molar-refractivity contribution in [3.8, 4) is 0 Å². The molecule has 1 aromatic rings. The molecule has 0 unspecified atom stereocenters. The minimum absolute atomic E-state index is 0.273. The highest BCUT2D eigenvalue weighted by molar-refractivity contribution is 5.09. The molecule has 1 aromatic heterocycles. The Labute approximate surface area is 133 Å². The van der Waals surface area contributed by atoms with Gasteiger partial charge in [-0.05, 0) is 31.7 Å². The molecule has 2 saturated heterocycles. The van der Waals surface area contributed by atoms with Gasteiger partial charge in [0.1, 0.15) is 0 Å². The van der Waals surface area contributed by atoms with Crippen LogP contribution in [0.4, 0.5) is 0 Å². The molecule has 2 fully saturated rings. The lowest BCUT2D eigenvalue weighted by Crippen LogP contribution is -2.46. The number of nitrogens with zero attached hydrogens (tertiary/aromatic N) is 3. The van der Waals surface area contributed by atoms with E-state index < -0.39 is 0 Å². The van der Waals surface area contributed by atoms with Crippen LogP contribution in [0.3, 0.4) is 0 Å². The van der Waals surface area contributed by atoms with Crippen molar-refractivity contribution in [2.45, 2.75) is 39.7 Å². The van der Waals surface area contributed by atoms with Gasteiger partial charge in [-0.1, -0.05) is 19.0 Å². The molecule has 5 heteroatoms. The third-order valence-electron chi connectivity index (χ3n) is 4.72. The second-order valence-corrected chi connectivity index (χ2v) is 7.55. The first-order valence-corrected chi connectivity index (χ1v) is 8.51. The quantitative estimate of drug-likeness (QED) is 0.836. The van der Waals surface area contributed by atoms with Gasteiger partial charge in [-0.3, -0.25) is 9.80 Å². The van der Waals surface area contributed by atoms with Crippen LogP contribution in [0.2, 0.25) is 0 Å². The van der Waals surface area contributed by atoms with E-state index in [1.54, 1.807) is 0 Å². The molecule has 0 aliphatic carbocycles. The van der Waals surface area contributed by atoms with Crippen molar-refractivity contribution < 1.29 is 9.26 Å². The first kappa shape index (κ1) is 16.0. The maximum Gasteiger partial charge on any atom is 0.154 e. The second kappa shape index (κ2) is 6.69. The van der Waals surface area contributed by atoms with Gasteiger partial charge in [0.2, 0.25) is 0 Å². The van der Waals surface area contributed by atoms with Crippen LogP contribution in [-0.2, 0) is 4.74 Å².